The van der Waals surface area contributed by atoms with Gasteiger partial charge < -0.3 is 9.47 Å². The molecule has 1 saturated carbocycles. The number of nitrogens with zero attached hydrogens (tertiary/aromatic N) is 2. The molecule has 0 saturated heterocycles. The third kappa shape index (κ3) is 2.90. The predicted molar refractivity (Wildman–Crippen MR) is 109 cm³/mol. The Morgan fingerprint density at radius 3 is 2.57 bits per heavy atom. The normalized spacial score (nSPS) is 33.6. The van der Waals surface area contributed by atoms with Crippen LogP contribution in [0.25, 0.3) is 0 Å². The summed E-state index contributed by atoms with van der Waals surface area (Å²) in [6.45, 7) is 6.36. The molecule has 5 nitrogen and oxygen atoms in total. The Morgan fingerprint density at radius 1 is 1.36 bits per heavy atom. The first-order chi connectivity index (χ1) is 13.4. The minimum absolute atomic E-state index is 0.125. The van der Waals surface area contributed by atoms with Crippen LogP contribution in [0.5, 0.6) is 0 Å². The zero-order valence-corrected chi connectivity index (χ0v) is 17.6. The highest BCUT2D eigenvalue weighted by Gasteiger charge is 2.66. The molecule has 0 aliphatic heterocycles. The molecule has 1 fully saturated rings. The van der Waals surface area contributed by atoms with E-state index in [1.165, 1.54) is 0 Å². The number of thiocarbonyl (C=S) groups is 1. The van der Waals surface area contributed by atoms with Gasteiger partial charge in [-0.25, -0.2) is 9.79 Å². The fourth-order valence-electron chi connectivity index (χ4n) is 5.78. The number of ether oxygens (including phenoxy) is 2. The fraction of sp³-hybridized carbons (Fsp3) is 0.591. The predicted octanol–water partition coefficient (Wildman–Crippen LogP) is 4.04. The molecule has 1 aromatic rings. The molecular weight excluding hydrogens is 372 g/mol. The van der Waals surface area contributed by atoms with Crippen molar-refractivity contribution in [2.75, 3.05) is 13.7 Å². The second-order valence-electron chi connectivity index (χ2n) is 8.14. The highest BCUT2D eigenvalue weighted by molar-refractivity contribution is 7.78. The molecule has 0 aromatic heterocycles. The number of carbonyl (C=O) groups excluding carboxylic acids is 1. The summed E-state index contributed by atoms with van der Waals surface area (Å²) in [6.07, 6.45) is 2.33. The summed E-state index contributed by atoms with van der Waals surface area (Å²) < 4.78 is 11.3. The van der Waals surface area contributed by atoms with Gasteiger partial charge in [0.2, 0.25) is 0 Å². The number of esters is 1. The molecule has 1 spiro atoms. The van der Waals surface area contributed by atoms with E-state index in [9.17, 15) is 10.1 Å². The molecule has 5 atom stereocenters. The summed E-state index contributed by atoms with van der Waals surface area (Å²) in [7, 11) is 1.74. The number of hydrogen-bond acceptors (Lipinski definition) is 6. The lowest BCUT2D eigenvalue weighted by atomic mass is 9.56. The molecule has 0 bridgehead atoms. The van der Waals surface area contributed by atoms with Gasteiger partial charge in [0, 0.05) is 12.5 Å². The summed E-state index contributed by atoms with van der Waals surface area (Å²) in [5, 5.41) is 11.9. The Balaban J connectivity index is 2.26. The van der Waals surface area contributed by atoms with E-state index in [4.69, 9.17) is 21.7 Å². The van der Waals surface area contributed by atoms with Crippen molar-refractivity contribution >= 4 is 23.3 Å². The summed E-state index contributed by atoms with van der Waals surface area (Å²) in [5.74, 6) is 0.0803. The van der Waals surface area contributed by atoms with E-state index in [2.05, 4.69) is 30.1 Å². The van der Waals surface area contributed by atoms with Crippen LogP contribution in [0.4, 0.5) is 0 Å². The molecule has 28 heavy (non-hydrogen) atoms. The highest BCUT2D eigenvalue weighted by Crippen LogP contribution is 2.62. The van der Waals surface area contributed by atoms with Crippen LogP contribution < -0.4 is 0 Å². The molecule has 0 amide bonds. The van der Waals surface area contributed by atoms with Gasteiger partial charge >= 0.3 is 5.97 Å². The Bertz CT molecular complexity index is 859. The van der Waals surface area contributed by atoms with Gasteiger partial charge in [0.05, 0.1) is 29.5 Å². The second-order valence-corrected chi connectivity index (χ2v) is 8.32. The minimum Gasteiger partial charge on any atom is -0.464 e. The Morgan fingerprint density at radius 2 is 2.04 bits per heavy atom. The van der Waals surface area contributed by atoms with E-state index < -0.39 is 16.9 Å². The minimum atomic E-state index is -1.27. The molecule has 0 heterocycles. The van der Waals surface area contributed by atoms with E-state index >= 15 is 0 Å². The van der Waals surface area contributed by atoms with Crippen molar-refractivity contribution in [1.82, 2.24) is 0 Å². The topological polar surface area (TPSA) is 71.7 Å². The van der Waals surface area contributed by atoms with E-state index in [1.807, 2.05) is 6.07 Å². The lowest BCUT2D eigenvalue weighted by molar-refractivity contribution is -0.161. The van der Waals surface area contributed by atoms with Crippen LogP contribution in [0.15, 0.2) is 23.2 Å². The summed E-state index contributed by atoms with van der Waals surface area (Å²) in [5.41, 5.74) is 0.508. The first kappa shape index (κ1) is 20.7. The molecule has 1 aromatic carbocycles. The fourth-order valence-corrected chi connectivity index (χ4v) is 5.92. The van der Waals surface area contributed by atoms with Crippen molar-refractivity contribution in [2.45, 2.75) is 51.7 Å². The Hall–Kier alpha value is -2.06. The van der Waals surface area contributed by atoms with E-state index in [0.717, 1.165) is 24.0 Å². The number of fused-ring (bicyclic) bond motifs is 1. The maximum absolute atomic E-state index is 13.4. The first-order valence-corrected chi connectivity index (χ1v) is 10.1. The van der Waals surface area contributed by atoms with Crippen LogP contribution in [0.2, 0.25) is 0 Å². The first-order valence-electron chi connectivity index (χ1n) is 9.71. The molecule has 6 heteroatoms. The largest absolute Gasteiger partial charge is 0.464 e. The average Bonchev–Trinajstić information content (AvgIpc) is 2.91. The standard InChI is InChI=1S/C22H26N2O3S/c1-5-27-20(25)22(24-13-28)18-8-16(12-23)6-7-17(18)11-21(22)9-14(2)19(26-4)15(3)10-21/h6-8,14-15,19H,5,9-11H2,1-4H3/t14-,15+,19?,21?,22-/m1/s1. The summed E-state index contributed by atoms with van der Waals surface area (Å²) in [6, 6.07) is 7.68. The van der Waals surface area contributed by atoms with E-state index in [1.54, 1.807) is 26.2 Å². The van der Waals surface area contributed by atoms with Crippen LogP contribution in [0.3, 0.4) is 0 Å². The number of methoxy groups -OCH3 is 1. The van der Waals surface area contributed by atoms with Crippen molar-refractivity contribution in [1.29, 1.82) is 5.26 Å². The van der Waals surface area contributed by atoms with Crippen molar-refractivity contribution in [3.05, 3.63) is 34.9 Å². The van der Waals surface area contributed by atoms with Crippen LogP contribution in [0.1, 0.15) is 50.3 Å². The maximum atomic E-state index is 13.4. The lowest BCUT2D eigenvalue weighted by Gasteiger charge is -2.50. The van der Waals surface area contributed by atoms with Gasteiger partial charge in [-0.1, -0.05) is 19.9 Å². The monoisotopic (exact) mass is 398 g/mol. The van der Waals surface area contributed by atoms with Gasteiger partial charge in [-0.3, -0.25) is 0 Å². The number of aliphatic imine (C=N–C) groups is 1. The molecule has 3 rings (SSSR count). The Labute approximate surface area is 171 Å². The Kier molecular flexibility index (Phi) is 5.72. The maximum Gasteiger partial charge on any atom is 0.340 e. The molecule has 2 aliphatic carbocycles. The second kappa shape index (κ2) is 7.75. The van der Waals surface area contributed by atoms with Crippen molar-refractivity contribution in [3.8, 4) is 6.07 Å². The van der Waals surface area contributed by atoms with Crippen molar-refractivity contribution in [2.24, 2.45) is 22.2 Å². The zero-order chi connectivity index (χ0) is 20.5. The third-order valence-electron chi connectivity index (χ3n) is 6.53. The number of nitriles is 1. The van der Waals surface area contributed by atoms with Crippen LogP contribution >= 0.6 is 12.2 Å². The van der Waals surface area contributed by atoms with Gasteiger partial charge in [-0.05, 0) is 73.5 Å². The quantitative estimate of drug-likeness (QED) is 0.435. The molecule has 2 unspecified atom stereocenters. The highest BCUT2D eigenvalue weighted by atomic mass is 32.1. The van der Waals surface area contributed by atoms with Crippen molar-refractivity contribution < 1.29 is 14.3 Å². The van der Waals surface area contributed by atoms with Gasteiger partial charge in [0.1, 0.15) is 0 Å². The van der Waals surface area contributed by atoms with Crippen LogP contribution in [-0.2, 0) is 26.2 Å². The van der Waals surface area contributed by atoms with Gasteiger partial charge in [0.25, 0.3) is 0 Å². The zero-order valence-electron chi connectivity index (χ0n) is 16.8. The van der Waals surface area contributed by atoms with Gasteiger partial charge in [-0.15, -0.1) is 0 Å². The number of carbonyl (C=O) groups is 1. The molecule has 0 radical (unpaired) electrons. The number of rotatable bonds is 4. The van der Waals surface area contributed by atoms with Gasteiger partial charge in [-0.2, -0.15) is 5.26 Å². The number of hydrogen-bond donors (Lipinski definition) is 0. The lowest BCUT2D eigenvalue weighted by Crippen LogP contribution is -2.54. The number of benzene rings is 1. The molecule has 148 valence electrons. The van der Waals surface area contributed by atoms with Crippen LogP contribution in [0, 0.1) is 28.6 Å². The van der Waals surface area contributed by atoms with E-state index in [0.29, 0.717) is 12.0 Å². The number of isothiocyanates is 1. The SMILES string of the molecule is CCOC(=O)[C@]1(N=C=S)c2cc(C#N)ccc2CC12C[C@@H](C)C(OC)[C@@H](C)C2. The average molecular weight is 399 g/mol. The van der Waals surface area contributed by atoms with Crippen LogP contribution in [-0.4, -0.2) is 31.0 Å². The van der Waals surface area contributed by atoms with E-state index in [-0.39, 0.29) is 24.5 Å². The summed E-state index contributed by atoms with van der Waals surface area (Å²) in [4.78, 5) is 18.0. The van der Waals surface area contributed by atoms with Gasteiger partial charge in [0.15, 0.2) is 5.54 Å². The molecular formula is C22H26N2O3S. The summed E-state index contributed by atoms with van der Waals surface area (Å²) >= 11 is 5.00. The third-order valence-corrected chi connectivity index (χ3v) is 6.62. The molecule has 0 N–H and O–H groups in total. The smallest absolute Gasteiger partial charge is 0.340 e. The van der Waals surface area contributed by atoms with Crippen molar-refractivity contribution in [3.63, 3.8) is 0 Å². The molecule has 2 aliphatic rings.